The number of benzene rings is 2. The predicted octanol–water partition coefficient (Wildman–Crippen LogP) is 2.61. The van der Waals surface area contributed by atoms with Crippen molar-refractivity contribution in [2.45, 2.75) is 30.4 Å². The van der Waals surface area contributed by atoms with Gasteiger partial charge in [0.2, 0.25) is 0 Å². The lowest BCUT2D eigenvalue weighted by Gasteiger charge is -2.39. The highest BCUT2D eigenvalue weighted by Gasteiger charge is 2.30. The lowest BCUT2D eigenvalue weighted by atomic mass is 10.1. The van der Waals surface area contributed by atoms with Crippen LogP contribution in [0, 0.1) is 0 Å². The molecule has 7 nitrogen and oxygen atoms in total. The Balaban J connectivity index is 2.06. The second-order valence-corrected chi connectivity index (χ2v) is 9.76. The number of aryl methyl sites for hydroxylation is 1. The Morgan fingerprint density at radius 2 is 1.62 bits per heavy atom. The number of alkyl halides is 3. The topological polar surface area (TPSA) is 130 Å². The third-order valence-electron chi connectivity index (χ3n) is 3.90. The first-order valence-corrected chi connectivity index (χ1v) is 11.3. The molecule has 0 aliphatic heterocycles. The monoisotopic (exact) mass is 451 g/mol. The molecule has 2 rings (SSSR count). The SMILES string of the molecule is O=P([O-])([O-])C(CCCc1cccc(Oc2cccc(C(F)(F)F)c2)c1)S(=O)(=O)[O-]. The summed E-state index contributed by atoms with van der Waals surface area (Å²) in [5.74, 6) is 0.154. The van der Waals surface area contributed by atoms with Crippen molar-refractivity contribution in [2.75, 3.05) is 0 Å². The van der Waals surface area contributed by atoms with Gasteiger partial charge in [0.15, 0.2) is 0 Å². The van der Waals surface area contributed by atoms with E-state index in [1.54, 1.807) is 6.07 Å². The molecule has 12 heteroatoms. The highest BCUT2D eigenvalue weighted by molar-refractivity contribution is 7.93. The third-order valence-corrected chi connectivity index (χ3v) is 7.31. The van der Waals surface area contributed by atoms with Gasteiger partial charge in [-0.05, 0) is 55.2 Å². The summed E-state index contributed by atoms with van der Waals surface area (Å²) in [6.45, 7) is 0. The van der Waals surface area contributed by atoms with E-state index in [1.165, 1.54) is 30.3 Å². The minimum Gasteiger partial charge on any atom is -0.810 e. The van der Waals surface area contributed by atoms with Crippen LogP contribution in [0.4, 0.5) is 13.2 Å². The number of ether oxygens (including phenoxy) is 1. The minimum atomic E-state index is -5.61. The van der Waals surface area contributed by atoms with Gasteiger partial charge in [-0.25, -0.2) is 8.42 Å². The molecule has 0 radical (unpaired) electrons. The maximum Gasteiger partial charge on any atom is 0.416 e. The highest BCUT2D eigenvalue weighted by Crippen LogP contribution is 2.38. The first-order chi connectivity index (χ1) is 13.3. The van der Waals surface area contributed by atoms with Crippen molar-refractivity contribution in [2.24, 2.45) is 0 Å². The standard InChI is InChI=1S/C17H18F3O7PS/c18-17(19,20)13-6-3-8-15(11-13)27-14-7-1-4-12(10-14)5-2-9-16(28(21,22)23)29(24,25)26/h1,3-4,6-8,10-11,16H,2,5,9H2,(H2,21,22,23)(H,24,25,26)/p-3. The molecule has 0 bridgehead atoms. The van der Waals surface area contributed by atoms with E-state index in [4.69, 9.17) is 4.74 Å². The van der Waals surface area contributed by atoms with Crippen LogP contribution in [-0.2, 0) is 27.3 Å². The minimum absolute atomic E-state index is 0.0480. The Bertz CT molecular complexity index is 1000. The Morgan fingerprint density at radius 3 is 2.17 bits per heavy atom. The van der Waals surface area contributed by atoms with Crippen molar-refractivity contribution in [1.29, 1.82) is 0 Å². The second-order valence-electron chi connectivity index (χ2n) is 6.15. The maximum absolute atomic E-state index is 12.8. The third kappa shape index (κ3) is 7.13. The maximum atomic E-state index is 12.8. The van der Waals surface area contributed by atoms with Crippen LogP contribution < -0.4 is 14.5 Å². The van der Waals surface area contributed by atoms with Crippen molar-refractivity contribution in [1.82, 2.24) is 0 Å². The summed E-state index contributed by atoms with van der Waals surface area (Å²) in [5.41, 5.74) is -0.334. The van der Waals surface area contributed by atoms with Crippen molar-refractivity contribution < 1.29 is 45.2 Å². The van der Waals surface area contributed by atoms with Gasteiger partial charge in [0, 0.05) is 0 Å². The van der Waals surface area contributed by atoms with Gasteiger partial charge in [0.25, 0.3) is 0 Å². The summed E-state index contributed by atoms with van der Waals surface area (Å²) in [4.78, 5) is 19.4. The van der Waals surface area contributed by atoms with Gasteiger partial charge in [-0.15, -0.1) is 0 Å². The summed E-state index contributed by atoms with van der Waals surface area (Å²) >= 11 is 0. The molecule has 1 atom stereocenters. The van der Waals surface area contributed by atoms with Crippen LogP contribution in [0.5, 0.6) is 11.5 Å². The molecule has 160 valence electrons. The van der Waals surface area contributed by atoms with E-state index >= 15 is 0 Å². The summed E-state index contributed by atoms with van der Waals surface area (Å²) in [7, 11) is -10.9. The molecule has 0 saturated carbocycles. The van der Waals surface area contributed by atoms with Crippen molar-refractivity contribution in [3.63, 3.8) is 0 Å². The van der Waals surface area contributed by atoms with Gasteiger partial charge >= 0.3 is 6.18 Å². The Morgan fingerprint density at radius 1 is 1.03 bits per heavy atom. The first kappa shape index (κ1) is 23.4. The number of halogens is 3. The van der Waals surface area contributed by atoms with Gasteiger partial charge in [-0.1, -0.05) is 25.8 Å². The molecule has 0 fully saturated rings. The van der Waals surface area contributed by atoms with E-state index < -0.39 is 40.9 Å². The van der Waals surface area contributed by atoms with Crippen LogP contribution >= 0.6 is 7.60 Å². The summed E-state index contributed by atoms with van der Waals surface area (Å²) in [5, 5.41) is 0. The zero-order valence-electron chi connectivity index (χ0n) is 14.7. The van der Waals surface area contributed by atoms with Crippen LogP contribution in [0.15, 0.2) is 48.5 Å². The van der Waals surface area contributed by atoms with Crippen LogP contribution in [0.2, 0.25) is 0 Å². The quantitative estimate of drug-likeness (QED) is 0.445. The molecule has 0 amide bonds. The molecule has 0 aliphatic rings. The van der Waals surface area contributed by atoms with E-state index in [9.17, 15) is 40.5 Å². The van der Waals surface area contributed by atoms with Gasteiger partial charge in [0.1, 0.15) is 21.6 Å². The lowest BCUT2D eigenvalue weighted by Crippen LogP contribution is -2.32. The molecule has 1 unspecified atom stereocenters. The van der Waals surface area contributed by atoms with E-state index in [2.05, 4.69) is 0 Å². The first-order valence-electron chi connectivity index (χ1n) is 8.17. The number of hydrogen-bond acceptors (Lipinski definition) is 7. The van der Waals surface area contributed by atoms with Gasteiger partial charge < -0.3 is 23.6 Å². The molecule has 29 heavy (non-hydrogen) atoms. The number of rotatable bonds is 8. The average molecular weight is 451 g/mol. The van der Waals surface area contributed by atoms with Crippen molar-refractivity contribution in [3.8, 4) is 11.5 Å². The summed E-state index contributed by atoms with van der Waals surface area (Å²) in [6.07, 6.45) is -5.16. The fourth-order valence-electron chi connectivity index (χ4n) is 2.58. The van der Waals surface area contributed by atoms with E-state index in [0.29, 0.717) is 5.56 Å². The summed E-state index contributed by atoms with van der Waals surface area (Å²) < 4.78 is 87.5. The molecule has 2 aromatic carbocycles. The molecule has 0 saturated heterocycles. The highest BCUT2D eigenvalue weighted by atomic mass is 32.2. The van der Waals surface area contributed by atoms with E-state index in [1.807, 2.05) is 0 Å². The van der Waals surface area contributed by atoms with E-state index in [0.717, 1.165) is 12.1 Å². The average Bonchev–Trinajstić information content (AvgIpc) is 2.56. The number of hydrogen-bond donors (Lipinski definition) is 0. The molecule has 0 aliphatic carbocycles. The van der Waals surface area contributed by atoms with Crippen molar-refractivity contribution in [3.05, 3.63) is 59.7 Å². The Kier molecular flexibility index (Phi) is 7.13. The normalized spacial score (nSPS) is 13.9. The molecular weight excluding hydrogens is 436 g/mol. The fraction of sp³-hybridized carbons (Fsp3) is 0.294. The zero-order chi connectivity index (χ0) is 21.9. The summed E-state index contributed by atoms with van der Waals surface area (Å²) in [6, 6.07) is 10.3. The van der Waals surface area contributed by atoms with Gasteiger partial charge in [-0.3, -0.25) is 0 Å². The molecule has 0 heterocycles. The zero-order valence-corrected chi connectivity index (χ0v) is 16.4. The van der Waals surface area contributed by atoms with Crippen molar-refractivity contribution >= 4 is 17.7 Å². The smallest absolute Gasteiger partial charge is 0.416 e. The largest absolute Gasteiger partial charge is 0.810 e. The van der Waals surface area contributed by atoms with Crippen LogP contribution in [0.3, 0.4) is 0 Å². The van der Waals surface area contributed by atoms with Crippen LogP contribution in [-0.4, -0.2) is 18.0 Å². The molecule has 0 N–H and O–H groups in total. The lowest BCUT2D eigenvalue weighted by molar-refractivity contribution is -0.314. The molecular formula is C17H15F3O7PS-3. The fourth-order valence-corrected chi connectivity index (χ4v) is 4.80. The Labute approximate surface area is 165 Å². The molecule has 0 aromatic heterocycles. The molecule has 0 spiro atoms. The van der Waals surface area contributed by atoms with E-state index in [-0.39, 0.29) is 24.3 Å². The molecule has 2 aromatic rings. The van der Waals surface area contributed by atoms with Crippen LogP contribution in [0.25, 0.3) is 0 Å². The predicted molar refractivity (Wildman–Crippen MR) is 92.0 cm³/mol. The van der Waals surface area contributed by atoms with Crippen LogP contribution in [0.1, 0.15) is 24.0 Å². The van der Waals surface area contributed by atoms with Gasteiger partial charge in [0.05, 0.1) is 10.6 Å². The van der Waals surface area contributed by atoms with Gasteiger partial charge in [-0.2, -0.15) is 13.2 Å². The Hall–Kier alpha value is -1.91. The second kappa shape index (κ2) is 8.85.